The van der Waals surface area contributed by atoms with Gasteiger partial charge < -0.3 is 15.4 Å². The van der Waals surface area contributed by atoms with E-state index in [0.717, 1.165) is 5.56 Å². The molecular weight excluding hydrogens is 378 g/mol. The largest absolute Gasteiger partial charge is 0.455 e. The molecule has 0 saturated carbocycles. The zero-order chi connectivity index (χ0) is 20.6. The van der Waals surface area contributed by atoms with Crippen molar-refractivity contribution in [3.05, 3.63) is 103 Å². The van der Waals surface area contributed by atoms with Crippen LogP contribution in [-0.4, -0.2) is 20.9 Å². The molecule has 7 nitrogen and oxygen atoms in total. The molecule has 0 fully saturated rings. The molecule has 148 valence electrons. The van der Waals surface area contributed by atoms with Gasteiger partial charge in [-0.15, -0.1) is 0 Å². The van der Waals surface area contributed by atoms with Gasteiger partial charge in [0.05, 0.1) is 5.69 Å². The number of aromatic nitrogens is 3. The van der Waals surface area contributed by atoms with Crippen LogP contribution in [0.15, 0.2) is 91.5 Å². The Kier molecular flexibility index (Phi) is 5.91. The van der Waals surface area contributed by atoms with Crippen LogP contribution in [0.4, 0.5) is 11.5 Å². The number of benzene rings is 2. The van der Waals surface area contributed by atoms with Crippen LogP contribution in [0.2, 0.25) is 0 Å². The van der Waals surface area contributed by atoms with E-state index in [9.17, 15) is 4.79 Å². The number of nitrogens with one attached hydrogen (secondary N) is 2. The Bertz CT molecular complexity index is 1120. The molecule has 0 radical (unpaired) electrons. The molecule has 0 aliphatic rings. The summed E-state index contributed by atoms with van der Waals surface area (Å²) in [5.74, 6) is 1.43. The zero-order valence-electron chi connectivity index (χ0n) is 16.0. The van der Waals surface area contributed by atoms with Gasteiger partial charge in [0, 0.05) is 25.0 Å². The van der Waals surface area contributed by atoms with E-state index in [2.05, 4.69) is 25.6 Å². The van der Waals surface area contributed by atoms with E-state index in [4.69, 9.17) is 4.74 Å². The number of rotatable bonds is 7. The van der Waals surface area contributed by atoms with Gasteiger partial charge in [-0.3, -0.25) is 9.78 Å². The molecule has 0 atom stereocenters. The molecule has 0 saturated heterocycles. The molecule has 30 heavy (non-hydrogen) atoms. The molecule has 0 aliphatic carbocycles. The predicted molar refractivity (Wildman–Crippen MR) is 115 cm³/mol. The third-order valence-electron chi connectivity index (χ3n) is 4.23. The van der Waals surface area contributed by atoms with E-state index in [1.54, 1.807) is 30.6 Å². The Hall–Kier alpha value is -4.26. The summed E-state index contributed by atoms with van der Waals surface area (Å²) in [5, 5.41) is 6.04. The van der Waals surface area contributed by atoms with Gasteiger partial charge >= 0.3 is 0 Å². The van der Waals surface area contributed by atoms with Crippen LogP contribution in [0.3, 0.4) is 0 Å². The van der Waals surface area contributed by atoms with Crippen molar-refractivity contribution in [2.45, 2.75) is 6.54 Å². The smallest absolute Gasteiger partial charge is 0.274 e. The van der Waals surface area contributed by atoms with Crippen molar-refractivity contribution in [2.75, 3.05) is 10.6 Å². The summed E-state index contributed by atoms with van der Waals surface area (Å²) in [6.07, 6.45) is 4.81. The van der Waals surface area contributed by atoms with Gasteiger partial charge in [0.25, 0.3) is 5.91 Å². The number of hydrogen-bond acceptors (Lipinski definition) is 6. The number of ether oxygens (including phenoxy) is 1. The molecular formula is C23H19N5O2. The molecule has 0 aliphatic heterocycles. The lowest BCUT2D eigenvalue weighted by Gasteiger charge is -2.12. The molecule has 0 spiro atoms. The number of nitrogens with zero attached hydrogens (tertiary/aromatic N) is 3. The minimum absolute atomic E-state index is 0.247. The number of anilines is 2. The van der Waals surface area contributed by atoms with Crippen LogP contribution in [0.1, 0.15) is 16.1 Å². The molecule has 2 aromatic heterocycles. The van der Waals surface area contributed by atoms with Gasteiger partial charge in [-0.2, -0.15) is 0 Å². The fraction of sp³-hybridized carbons (Fsp3) is 0.0435. The Morgan fingerprint density at radius 1 is 0.900 bits per heavy atom. The number of amides is 1. The minimum Gasteiger partial charge on any atom is -0.455 e. The molecule has 4 aromatic rings. The van der Waals surface area contributed by atoms with E-state index in [1.807, 2.05) is 54.6 Å². The average molecular weight is 397 g/mol. The molecule has 1 amide bonds. The minimum atomic E-state index is -0.353. The molecule has 2 aromatic carbocycles. The summed E-state index contributed by atoms with van der Waals surface area (Å²) in [5.41, 5.74) is 1.86. The second-order valence-electron chi connectivity index (χ2n) is 6.36. The van der Waals surface area contributed by atoms with Crippen molar-refractivity contribution in [2.24, 2.45) is 0 Å². The predicted octanol–water partition coefficient (Wildman–Crippen LogP) is 4.53. The van der Waals surface area contributed by atoms with Crippen LogP contribution in [-0.2, 0) is 6.54 Å². The highest BCUT2D eigenvalue weighted by atomic mass is 16.5. The summed E-state index contributed by atoms with van der Waals surface area (Å²) in [4.78, 5) is 25.0. The lowest BCUT2D eigenvalue weighted by atomic mass is 10.2. The lowest BCUT2D eigenvalue weighted by Crippen LogP contribution is -2.15. The van der Waals surface area contributed by atoms with E-state index >= 15 is 0 Å². The fourth-order valence-electron chi connectivity index (χ4n) is 2.73. The van der Waals surface area contributed by atoms with E-state index < -0.39 is 0 Å². The molecule has 0 unspecified atom stereocenters. The SMILES string of the molecule is O=C(Nc1ccccc1Oc1ccccc1)c1cc(NCc2ccncc2)ncn1. The third-order valence-corrected chi connectivity index (χ3v) is 4.23. The van der Waals surface area contributed by atoms with Crippen LogP contribution in [0, 0.1) is 0 Å². The number of carbonyl (C=O) groups is 1. The summed E-state index contributed by atoms with van der Waals surface area (Å²) < 4.78 is 5.89. The van der Waals surface area contributed by atoms with Gasteiger partial charge in [-0.05, 0) is 42.0 Å². The summed E-state index contributed by atoms with van der Waals surface area (Å²) in [7, 11) is 0. The maximum absolute atomic E-state index is 12.8. The van der Waals surface area contributed by atoms with Gasteiger partial charge in [0.15, 0.2) is 5.75 Å². The Morgan fingerprint density at radius 3 is 2.50 bits per heavy atom. The summed E-state index contributed by atoms with van der Waals surface area (Å²) >= 11 is 0. The fourth-order valence-corrected chi connectivity index (χ4v) is 2.73. The van der Waals surface area contributed by atoms with Crippen LogP contribution in [0.25, 0.3) is 0 Å². The number of para-hydroxylation sites is 3. The maximum atomic E-state index is 12.8. The zero-order valence-corrected chi connectivity index (χ0v) is 16.0. The van der Waals surface area contributed by atoms with Gasteiger partial charge in [0.1, 0.15) is 23.6 Å². The number of hydrogen-bond donors (Lipinski definition) is 2. The first-order valence-electron chi connectivity index (χ1n) is 9.36. The van der Waals surface area contributed by atoms with Crippen molar-refractivity contribution in [3.8, 4) is 11.5 Å². The molecule has 4 rings (SSSR count). The number of pyridine rings is 1. The highest BCUT2D eigenvalue weighted by Crippen LogP contribution is 2.29. The average Bonchev–Trinajstić information content (AvgIpc) is 2.80. The van der Waals surface area contributed by atoms with Crippen molar-refractivity contribution in [1.82, 2.24) is 15.0 Å². The molecule has 2 heterocycles. The van der Waals surface area contributed by atoms with Crippen molar-refractivity contribution in [1.29, 1.82) is 0 Å². The first kappa shape index (κ1) is 19.1. The summed E-state index contributed by atoms with van der Waals surface area (Å²) in [6, 6.07) is 22.1. The third kappa shape index (κ3) is 4.96. The molecule has 0 bridgehead atoms. The highest BCUT2D eigenvalue weighted by molar-refractivity contribution is 6.04. The van der Waals surface area contributed by atoms with Crippen LogP contribution in [0.5, 0.6) is 11.5 Å². The van der Waals surface area contributed by atoms with Crippen molar-refractivity contribution >= 4 is 17.4 Å². The summed E-state index contributed by atoms with van der Waals surface area (Å²) in [6.45, 7) is 0.564. The second-order valence-corrected chi connectivity index (χ2v) is 6.36. The molecule has 2 N–H and O–H groups in total. The molecule has 7 heteroatoms. The van der Waals surface area contributed by atoms with Gasteiger partial charge in [-0.1, -0.05) is 30.3 Å². The Balaban J connectivity index is 1.45. The highest BCUT2D eigenvalue weighted by Gasteiger charge is 2.12. The van der Waals surface area contributed by atoms with Crippen molar-refractivity contribution in [3.63, 3.8) is 0 Å². The normalized spacial score (nSPS) is 10.3. The second kappa shape index (κ2) is 9.29. The quantitative estimate of drug-likeness (QED) is 0.476. The monoisotopic (exact) mass is 397 g/mol. The topological polar surface area (TPSA) is 89.0 Å². The van der Waals surface area contributed by atoms with Gasteiger partial charge in [0.2, 0.25) is 0 Å². The standard InChI is InChI=1S/C23H19N5O2/c29-23(20-14-22(27-16-26-20)25-15-17-10-12-24-13-11-17)28-19-8-4-5-9-21(19)30-18-6-2-1-3-7-18/h1-14,16H,15H2,(H,28,29)(H,25,26,27). The van der Waals surface area contributed by atoms with Crippen LogP contribution < -0.4 is 15.4 Å². The first-order chi connectivity index (χ1) is 14.8. The van der Waals surface area contributed by atoms with Gasteiger partial charge in [-0.25, -0.2) is 9.97 Å². The van der Waals surface area contributed by atoms with E-state index in [0.29, 0.717) is 29.5 Å². The lowest BCUT2D eigenvalue weighted by molar-refractivity contribution is 0.102. The van der Waals surface area contributed by atoms with E-state index in [-0.39, 0.29) is 11.6 Å². The van der Waals surface area contributed by atoms with Crippen LogP contribution >= 0.6 is 0 Å². The van der Waals surface area contributed by atoms with E-state index in [1.165, 1.54) is 6.33 Å². The first-order valence-corrected chi connectivity index (χ1v) is 9.36. The maximum Gasteiger partial charge on any atom is 0.274 e. The Morgan fingerprint density at radius 2 is 1.67 bits per heavy atom. The van der Waals surface area contributed by atoms with Crippen molar-refractivity contribution < 1.29 is 9.53 Å². The Labute approximate surface area is 173 Å². The number of carbonyl (C=O) groups excluding carboxylic acids is 1.